The van der Waals surface area contributed by atoms with E-state index in [1.807, 2.05) is 0 Å². The molecule has 0 unspecified atom stereocenters. The van der Waals surface area contributed by atoms with Crippen molar-refractivity contribution in [1.29, 1.82) is 0 Å². The molecule has 0 fully saturated rings. The van der Waals surface area contributed by atoms with Crippen molar-refractivity contribution in [2.45, 2.75) is 6.42 Å². The first kappa shape index (κ1) is 10.4. The summed E-state index contributed by atoms with van der Waals surface area (Å²) in [6.45, 7) is 0.378. The highest BCUT2D eigenvalue weighted by atomic mass is 19.1. The van der Waals surface area contributed by atoms with E-state index in [1.165, 1.54) is 13.2 Å². The van der Waals surface area contributed by atoms with Gasteiger partial charge in [-0.2, -0.15) is 4.39 Å². The normalized spacial score (nSPS) is 9.57. The SMILES string of the molecule is COC(=O)CCNc1cccc(F)n1. The average molecular weight is 198 g/mol. The van der Waals surface area contributed by atoms with Crippen molar-refractivity contribution in [3.05, 3.63) is 24.1 Å². The molecule has 0 aliphatic heterocycles. The van der Waals surface area contributed by atoms with Crippen LogP contribution in [-0.2, 0) is 9.53 Å². The molecule has 1 aromatic rings. The predicted molar refractivity (Wildman–Crippen MR) is 49.3 cm³/mol. The van der Waals surface area contributed by atoms with Crippen LogP contribution in [0.4, 0.5) is 10.2 Å². The van der Waals surface area contributed by atoms with Crippen molar-refractivity contribution in [3.63, 3.8) is 0 Å². The van der Waals surface area contributed by atoms with Gasteiger partial charge in [0, 0.05) is 6.54 Å². The van der Waals surface area contributed by atoms with Gasteiger partial charge in [-0.15, -0.1) is 0 Å². The lowest BCUT2D eigenvalue weighted by molar-refractivity contribution is -0.140. The van der Waals surface area contributed by atoms with Gasteiger partial charge in [0.25, 0.3) is 0 Å². The van der Waals surface area contributed by atoms with Crippen LogP contribution >= 0.6 is 0 Å². The summed E-state index contributed by atoms with van der Waals surface area (Å²) in [6, 6.07) is 4.43. The third-order valence-corrected chi connectivity index (χ3v) is 1.58. The summed E-state index contributed by atoms with van der Waals surface area (Å²) in [5.41, 5.74) is 0. The molecule has 0 amide bonds. The van der Waals surface area contributed by atoms with E-state index in [-0.39, 0.29) is 12.4 Å². The van der Waals surface area contributed by atoms with E-state index < -0.39 is 5.95 Å². The van der Waals surface area contributed by atoms with Gasteiger partial charge in [-0.05, 0) is 12.1 Å². The number of nitrogens with one attached hydrogen (secondary N) is 1. The molecule has 4 nitrogen and oxygen atoms in total. The van der Waals surface area contributed by atoms with Crippen molar-refractivity contribution in [2.24, 2.45) is 0 Å². The number of halogens is 1. The molecule has 1 heterocycles. The zero-order chi connectivity index (χ0) is 10.4. The van der Waals surface area contributed by atoms with Gasteiger partial charge in [-0.3, -0.25) is 4.79 Å². The second-order valence-corrected chi connectivity index (χ2v) is 2.60. The van der Waals surface area contributed by atoms with Crippen LogP contribution in [0, 0.1) is 5.95 Å². The van der Waals surface area contributed by atoms with E-state index in [9.17, 15) is 9.18 Å². The standard InChI is InChI=1S/C9H11FN2O2/c1-14-9(13)5-6-11-8-4-2-3-7(10)12-8/h2-4H,5-6H2,1H3,(H,11,12). The summed E-state index contributed by atoms with van der Waals surface area (Å²) in [5, 5.41) is 2.80. The van der Waals surface area contributed by atoms with E-state index in [1.54, 1.807) is 12.1 Å². The highest BCUT2D eigenvalue weighted by Gasteiger charge is 2.00. The zero-order valence-electron chi connectivity index (χ0n) is 7.79. The van der Waals surface area contributed by atoms with Crippen LogP contribution in [0.15, 0.2) is 18.2 Å². The summed E-state index contributed by atoms with van der Waals surface area (Å²) >= 11 is 0. The number of methoxy groups -OCH3 is 1. The van der Waals surface area contributed by atoms with Gasteiger partial charge >= 0.3 is 5.97 Å². The molecular formula is C9H11FN2O2. The summed E-state index contributed by atoms with van der Waals surface area (Å²) in [4.78, 5) is 14.3. The monoisotopic (exact) mass is 198 g/mol. The molecule has 1 N–H and O–H groups in total. The molecule has 14 heavy (non-hydrogen) atoms. The molecule has 0 aliphatic carbocycles. The minimum absolute atomic E-state index is 0.231. The van der Waals surface area contributed by atoms with E-state index in [0.717, 1.165) is 0 Å². The molecule has 0 saturated heterocycles. The zero-order valence-corrected chi connectivity index (χ0v) is 7.79. The molecule has 0 aliphatic rings. The molecular weight excluding hydrogens is 187 g/mol. The molecule has 0 atom stereocenters. The number of aromatic nitrogens is 1. The maximum Gasteiger partial charge on any atom is 0.307 e. The number of carbonyl (C=O) groups is 1. The summed E-state index contributed by atoms with van der Waals surface area (Å²) in [5.74, 6) is -0.448. The number of anilines is 1. The fraction of sp³-hybridized carbons (Fsp3) is 0.333. The Kier molecular flexibility index (Phi) is 3.84. The first-order chi connectivity index (χ1) is 6.72. The van der Waals surface area contributed by atoms with Gasteiger partial charge in [0.1, 0.15) is 5.82 Å². The average Bonchev–Trinajstić information content (AvgIpc) is 2.17. The number of hydrogen-bond acceptors (Lipinski definition) is 4. The Morgan fingerprint density at radius 3 is 3.07 bits per heavy atom. The highest BCUT2D eigenvalue weighted by molar-refractivity contribution is 5.69. The Balaban J connectivity index is 2.35. The maximum absolute atomic E-state index is 12.6. The number of rotatable bonds is 4. The van der Waals surface area contributed by atoms with Gasteiger partial charge in [0.2, 0.25) is 5.95 Å². The van der Waals surface area contributed by atoms with Crippen molar-refractivity contribution in [2.75, 3.05) is 19.0 Å². The Morgan fingerprint density at radius 2 is 2.43 bits per heavy atom. The Morgan fingerprint density at radius 1 is 1.64 bits per heavy atom. The fourth-order valence-corrected chi connectivity index (χ4v) is 0.901. The quantitative estimate of drug-likeness (QED) is 0.583. The van der Waals surface area contributed by atoms with Gasteiger partial charge in [-0.1, -0.05) is 6.07 Å². The number of pyridine rings is 1. The van der Waals surface area contributed by atoms with Crippen molar-refractivity contribution >= 4 is 11.8 Å². The molecule has 76 valence electrons. The largest absolute Gasteiger partial charge is 0.469 e. The molecule has 0 bridgehead atoms. The lowest BCUT2D eigenvalue weighted by Gasteiger charge is -2.03. The van der Waals surface area contributed by atoms with E-state index >= 15 is 0 Å². The Bertz CT molecular complexity index is 317. The highest BCUT2D eigenvalue weighted by Crippen LogP contribution is 2.03. The van der Waals surface area contributed by atoms with Crippen molar-refractivity contribution < 1.29 is 13.9 Å². The third-order valence-electron chi connectivity index (χ3n) is 1.58. The van der Waals surface area contributed by atoms with Crippen LogP contribution in [0.3, 0.4) is 0 Å². The molecule has 0 spiro atoms. The van der Waals surface area contributed by atoms with Gasteiger partial charge in [0.15, 0.2) is 0 Å². The predicted octanol–water partition coefficient (Wildman–Crippen LogP) is 1.20. The molecule has 1 rings (SSSR count). The molecule has 0 radical (unpaired) electrons. The number of hydrogen-bond donors (Lipinski definition) is 1. The van der Waals surface area contributed by atoms with Gasteiger partial charge in [0.05, 0.1) is 13.5 Å². The lowest BCUT2D eigenvalue weighted by Crippen LogP contribution is -2.10. The lowest BCUT2D eigenvalue weighted by atomic mass is 10.4. The van der Waals surface area contributed by atoms with Gasteiger partial charge in [-0.25, -0.2) is 4.98 Å². The molecule has 0 saturated carbocycles. The second-order valence-electron chi connectivity index (χ2n) is 2.60. The second kappa shape index (κ2) is 5.16. The van der Waals surface area contributed by atoms with Crippen molar-refractivity contribution in [1.82, 2.24) is 4.98 Å². The van der Waals surface area contributed by atoms with Crippen LogP contribution in [-0.4, -0.2) is 24.6 Å². The summed E-state index contributed by atoms with van der Waals surface area (Å²) < 4.78 is 17.0. The summed E-state index contributed by atoms with van der Waals surface area (Å²) in [7, 11) is 1.32. The van der Waals surface area contributed by atoms with E-state index in [0.29, 0.717) is 12.4 Å². The number of carbonyl (C=O) groups excluding carboxylic acids is 1. The fourth-order valence-electron chi connectivity index (χ4n) is 0.901. The topological polar surface area (TPSA) is 51.2 Å². The maximum atomic E-state index is 12.6. The van der Waals surface area contributed by atoms with Crippen LogP contribution < -0.4 is 5.32 Å². The minimum Gasteiger partial charge on any atom is -0.469 e. The number of esters is 1. The summed E-state index contributed by atoms with van der Waals surface area (Å²) in [6.07, 6.45) is 0.231. The molecule has 0 aromatic carbocycles. The van der Waals surface area contributed by atoms with Crippen LogP contribution in [0.25, 0.3) is 0 Å². The first-order valence-corrected chi connectivity index (χ1v) is 4.15. The van der Waals surface area contributed by atoms with Crippen molar-refractivity contribution in [3.8, 4) is 0 Å². The molecule has 5 heteroatoms. The number of ether oxygens (including phenoxy) is 1. The number of nitrogens with zero attached hydrogens (tertiary/aromatic N) is 1. The van der Waals surface area contributed by atoms with E-state index in [4.69, 9.17) is 0 Å². The Labute approximate surface area is 81.1 Å². The Hall–Kier alpha value is -1.65. The molecule has 1 aromatic heterocycles. The first-order valence-electron chi connectivity index (χ1n) is 4.15. The van der Waals surface area contributed by atoms with Crippen LogP contribution in [0.5, 0.6) is 0 Å². The van der Waals surface area contributed by atoms with Crippen LogP contribution in [0.1, 0.15) is 6.42 Å². The third kappa shape index (κ3) is 3.38. The van der Waals surface area contributed by atoms with Gasteiger partial charge < -0.3 is 10.1 Å². The smallest absolute Gasteiger partial charge is 0.307 e. The minimum atomic E-state index is -0.548. The van der Waals surface area contributed by atoms with Crippen LogP contribution in [0.2, 0.25) is 0 Å². The van der Waals surface area contributed by atoms with E-state index in [2.05, 4.69) is 15.0 Å².